The van der Waals surface area contributed by atoms with E-state index in [9.17, 15) is 4.79 Å². The second-order valence-corrected chi connectivity index (χ2v) is 7.26. The molecule has 1 saturated heterocycles. The first-order valence-corrected chi connectivity index (χ1v) is 8.93. The average Bonchev–Trinajstić information content (AvgIpc) is 3.45. The highest BCUT2D eigenvalue weighted by molar-refractivity contribution is 6.31. The lowest BCUT2D eigenvalue weighted by atomic mass is 10.0. The predicted molar refractivity (Wildman–Crippen MR) is 95.3 cm³/mol. The minimum atomic E-state index is 0.259. The van der Waals surface area contributed by atoms with Crippen molar-refractivity contribution in [1.82, 2.24) is 14.9 Å². The van der Waals surface area contributed by atoms with E-state index in [2.05, 4.69) is 9.88 Å². The molecule has 1 aliphatic carbocycles. The fourth-order valence-electron chi connectivity index (χ4n) is 3.40. The van der Waals surface area contributed by atoms with Gasteiger partial charge in [0.25, 0.3) is 0 Å². The van der Waals surface area contributed by atoms with E-state index in [0.717, 1.165) is 55.6 Å². The predicted octanol–water partition coefficient (Wildman–Crippen LogP) is 3.12. The van der Waals surface area contributed by atoms with Crippen LogP contribution in [0.15, 0.2) is 24.4 Å². The number of fused-ring (bicyclic) bond motifs is 1. The number of amides is 1. The number of carbonyl (C=O) groups excluding carboxylic acids is 1. The Kier molecular flexibility index (Phi) is 4.04. The number of carbonyl (C=O) groups is 1. The van der Waals surface area contributed by atoms with E-state index in [1.807, 2.05) is 36.3 Å². The summed E-state index contributed by atoms with van der Waals surface area (Å²) in [5.41, 5.74) is 1.65. The van der Waals surface area contributed by atoms with Gasteiger partial charge in [-0.05, 0) is 43.9 Å². The molecule has 1 aliphatic heterocycles. The number of halogens is 1. The van der Waals surface area contributed by atoms with E-state index in [0.29, 0.717) is 10.9 Å². The maximum absolute atomic E-state index is 12.3. The maximum atomic E-state index is 12.3. The zero-order valence-corrected chi connectivity index (χ0v) is 14.5. The highest BCUT2D eigenvalue weighted by Crippen LogP contribution is 2.32. The van der Waals surface area contributed by atoms with E-state index in [1.54, 1.807) is 0 Å². The third-order valence-corrected chi connectivity index (χ3v) is 5.27. The molecule has 6 heteroatoms. The van der Waals surface area contributed by atoms with Crippen LogP contribution in [0.5, 0.6) is 0 Å². The Hall–Kier alpha value is -1.88. The fraction of sp³-hybridized carbons (Fsp3) is 0.500. The van der Waals surface area contributed by atoms with E-state index >= 15 is 0 Å². The summed E-state index contributed by atoms with van der Waals surface area (Å²) in [6.45, 7) is 1.78. The molecule has 1 aromatic carbocycles. The van der Waals surface area contributed by atoms with Crippen LogP contribution in [-0.2, 0) is 4.79 Å². The van der Waals surface area contributed by atoms with Crippen molar-refractivity contribution >= 4 is 34.4 Å². The van der Waals surface area contributed by atoms with Crippen LogP contribution in [0.3, 0.4) is 0 Å². The van der Waals surface area contributed by atoms with Gasteiger partial charge in [0, 0.05) is 37.1 Å². The van der Waals surface area contributed by atoms with E-state index < -0.39 is 0 Å². The number of piperidine rings is 1. The van der Waals surface area contributed by atoms with Gasteiger partial charge in [-0.2, -0.15) is 0 Å². The van der Waals surface area contributed by atoms with Crippen LogP contribution in [0.1, 0.15) is 25.7 Å². The van der Waals surface area contributed by atoms with Crippen LogP contribution < -0.4 is 4.90 Å². The molecule has 0 radical (unpaired) electrons. The summed E-state index contributed by atoms with van der Waals surface area (Å²) < 4.78 is 0. The van der Waals surface area contributed by atoms with Crippen LogP contribution in [0.4, 0.5) is 5.82 Å². The average molecular weight is 345 g/mol. The Morgan fingerprint density at radius 2 is 2.12 bits per heavy atom. The molecule has 0 bridgehead atoms. The number of hydrogen-bond acceptors (Lipinski definition) is 4. The SMILES string of the molecule is CN(C(=O)C1CC1)C1CCCN(c2cnc3cc(Cl)ccc3n2)C1. The molecule has 0 N–H and O–H groups in total. The van der Waals surface area contributed by atoms with Crippen LogP contribution in [-0.4, -0.2) is 47.0 Å². The molecule has 2 fully saturated rings. The van der Waals surface area contributed by atoms with Gasteiger partial charge in [-0.3, -0.25) is 9.78 Å². The Morgan fingerprint density at radius 1 is 1.29 bits per heavy atom. The summed E-state index contributed by atoms with van der Waals surface area (Å²) in [5, 5.41) is 0.669. The highest BCUT2D eigenvalue weighted by Gasteiger charge is 2.35. The standard InChI is InChI=1S/C18H21ClN4O/c1-22(18(24)12-4-5-12)14-3-2-8-23(11-14)17-10-20-16-9-13(19)6-7-15(16)21-17/h6-7,9-10,12,14H,2-5,8,11H2,1H3. The molecule has 1 amide bonds. The van der Waals surface area contributed by atoms with Crippen molar-refractivity contribution in [2.24, 2.45) is 5.92 Å². The zero-order chi connectivity index (χ0) is 16.7. The highest BCUT2D eigenvalue weighted by atomic mass is 35.5. The Morgan fingerprint density at radius 3 is 2.92 bits per heavy atom. The van der Waals surface area contributed by atoms with Gasteiger partial charge in [0.2, 0.25) is 5.91 Å². The lowest BCUT2D eigenvalue weighted by Gasteiger charge is -2.38. The molecule has 4 rings (SSSR count). The molecule has 2 heterocycles. The first-order valence-electron chi connectivity index (χ1n) is 8.56. The van der Waals surface area contributed by atoms with Crippen molar-refractivity contribution in [1.29, 1.82) is 0 Å². The number of rotatable bonds is 3. The van der Waals surface area contributed by atoms with Crippen molar-refractivity contribution in [3.8, 4) is 0 Å². The number of nitrogens with zero attached hydrogens (tertiary/aromatic N) is 4. The number of benzene rings is 1. The number of hydrogen-bond donors (Lipinski definition) is 0. The maximum Gasteiger partial charge on any atom is 0.225 e. The monoisotopic (exact) mass is 344 g/mol. The molecular weight excluding hydrogens is 324 g/mol. The Labute approximate surface area is 146 Å². The molecule has 24 heavy (non-hydrogen) atoms. The van der Waals surface area contributed by atoms with Crippen molar-refractivity contribution < 1.29 is 4.79 Å². The van der Waals surface area contributed by atoms with Gasteiger partial charge in [-0.15, -0.1) is 0 Å². The van der Waals surface area contributed by atoms with Gasteiger partial charge in [-0.25, -0.2) is 4.98 Å². The lowest BCUT2D eigenvalue weighted by molar-refractivity contribution is -0.133. The summed E-state index contributed by atoms with van der Waals surface area (Å²) in [7, 11) is 1.95. The first-order chi connectivity index (χ1) is 11.6. The van der Waals surface area contributed by atoms with E-state index in [-0.39, 0.29) is 12.0 Å². The molecule has 1 aromatic heterocycles. The molecule has 126 valence electrons. The van der Waals surface area contributed by atoms with Gasteiger partial charge < -0.3 is 9.80 Å². The van der Waals surface area contributed by atoms with Gasteiger partial charge in [0.1, 0.15) is 5.82 Å². The van der Waals surface area contributed by atoms with E-state index in [4.69, 9.17) is 16.6 Å². The third kappa shape index (κ3) is 3.05. The number of anilines is 1. The second-order valence-electron chi connectivity index (χ2n) is 6.83. The molecule has 2 aromatic rings. The molecule has 1 saturated carbocycles. The lowest BCUT2D eigenvalue weighted by Crippen LogP contribution is -2.49. The van der Waals surface area contributed by atoms with Crippen molar-refractivity contribution in [3.05, 3.63) is 29.4 Å². The summed E-state index contributed by atoms with van der Waals surface area (Å²) in [6, 6.07) is 5.82. The summed E-state index contributed by atoms with van der Waals surface area (Å²) in [6.07, 6.45) is 6.04. The normalized spacial score (nSPS) is 21.1. The van der Waals surface area contributed by atoms with Crippen molar-refractivity contribution in [3.63, 3.8) is 0 Å². The minimum Gasteiger partial charge on any atom is -0.353 e. The van der Waals surface area contributed by atoms with E-state index in [1.165, 1.54) is 0 Å². The molecular formula is C18H21ClN4O. The fourth-order valence-corrected chi connectivity index (χ4v) is 3.57. The number of likely N-dealkylation sites (N-methyl/N-ethyl adjacent to an activating group) is 1. The Balaban J connectivity index is 1.53. The van der Waals surface area contributed by atoms with Gasteiger partial charge in [0.05, 0.1) is 17.2 Å². The van der Waals surface area contributed by atoms with Gasteiger partial charge in [0.15, 0.2) is 0 Å². The van der Waals surface area contributed by atoms with Crippen molar-refractivity contribution in [2.45, 2.75) is 31.7 Å². The topological polar surface area (TPSA) is 49.3 Å². The number of aromatic nitrogens is 2. The molecule has 5 nitrogen and oxygen atoms in total. The molecule has 2 aliphatic rings. The van der Waals surface area contributed by atoms with Crippen LogP contribution in [0.25, 0.3) is 11.0 Å². The largest absolute Gasteiger partial charge is 0.353 e. The Bertz CT molecular complexity index is 777. The molecule has 1 atom stereocenters. The zero-order valence-electron chi connectivity index (χ0n) is 13.8. The molecule has 1 unspecified atom stereocenters. The minimum absolute atomic E-state index is 0.259. The summed E-state index contributed by atoms with van der Waals surface area (Å²) in [5.74, 6) is 1.46. The van der Waals surface area contributed by atoms with Crippen LogP contribution in [0.2, 0.25) is 5.02 Å². The van der Waals surface area contributed by atoms with Gasteiger partial charge >= 0.3 is 0 Å². The summed E-state index contributed by atoms with van der Waals surface area (Å²) in [4.78, 5) is 25.7. The molecule has 0 spiro atoms. The quantitative estimate of drug-likeness (QED) is 0.858. The second kappa shape index (κ2) is 6.20. The van der Waals surface area contributed by atoms with Crippen molar-refractivity contribution in [2.75, 3.05) is 25.0 Å². The first kappa shape index (κ1) is 15.6. The smallest absolute Gasteiger partial charge is 0.225 e. The summed E-state index contributed by atoms with van der Waals surface area (Å²) >= 11 is 6.01. The third-order valence-electron chi connectivity index (χ3n) is 5.03. The van der Waals surface area contributed by atoms with Gasteiger partial charge in [-0.1, -0.05) is 11.6 Å². The van der Waals surface area contributed by atoms with Crippen LogP contribution >= 0.6 is 11.6 Å². The van der Waals surface area contributed by atoms with Crippen LogP contribution in [0, 0.1) is 5.92 Å².